The summed E-state index contributed by atoms with van der Waals surface area (Å²) in [7, 11) is 4.83. The van der Waals surface area contributed by atoms with E-state index in [1.807, 2.05) is 36.2 Å². The van der Waals surface area contributed by atoms with Gasteiger partial charge in [0.1, 0.15) is 5.54 Å². The SMILES string of the molecule is COc1ccc(C(=O)C2(c3ccc(O)c(O)c3)CCN(C)C23C(=O)Nc2ccccc23)cc1OC. The number of ketones is 1. The molecule has 35 heavy (non-hydrogen) atoms. The number of phenols is 2. The number of para-hydroxylation sites is 1. The standard InChI is InChI=1S/C27H26N2O6/c1-29-13-12-26(17-9-10-20(30)21(31)15-17,24(32)16-8-11-22(34-2)23(14-16)35-3)27(29)18-6-4-5-7-19(18)28-25(27)33/h4-11,14-15,30-31H,12-13H2,1-3H3,(H,28,33). The molecule has 2 unspecified atom stereocenters. The second kappa shape index (κ2) is 8.02. The molecule has 5 rings (SSSR count). The Bertz CT molecular complexity index is 1360. The van der Waals surface area contributed by atoms with Crippen LogP contribution in [0.1, 0.15) is 27.9 Å². The van der Waals surface area contributed by atoms with E-state index in [2.05, 4.69) is 5.32 Å². The number of likely N-dealkylation sites (tertiary alicyclic amines) is 1. The van der Waals surface area contributed by atoms with Crippen LogP contribution >= 0.6 is 0 Å². The number of hydrogen-bond acceptors (Lipinski definition) is 7. The van der Waals surface area contributed by atoms with Crippen molar-refractivity contribution in [2.45, 2.75) is 17.4 Å². The van der Waals surface area contributed by atoms with E-state index in [-0.39, 0.29) is 23.2 Å². The van der Waals surface area contributed by atoms with Gasteiger partial charge in [0.25, 0.3) is 5.91 Å². The summed E-state index contributed by atoms with van der Waals surface area (Å²) in [6.07, 6.45) is 0.308. The fraction of sp³-hybridized carbons (Fsp3) is 0.259. The van der Waals surface area contributed by atoms with Crippen LogP contribution in [0.3, 0.4) is 0 Å². The maximum Gasteiger partial charge on any atom is 0.251 e. The Hall–Kier alpha value is -4.04. The zero-order chi connectivity index (χ0) is 25.0. The topological polar surface area (TPSA) is 108 Å². The Kier molecular flexibility index (Phi) is 5.21. The van der Waals surface area contributed by atoms with Crippen molar-refractivity contribution in [1.29, 1.82) is 0 Å². The molecule has 3 aromatic rings. The Morgan fingerprint density at radius 2 is 1.71 bits per heavy atom. The Balaban J connectivity index is 1.84. The lowest BCUT2D eigenvalue weighted by Crippen LogP contribution is -2.60. The Labute approximate surface area is 202 Å². The van der Waals surface area contributed by atoms with E-state index in [4.69, 9.17) is 9.47 Å². The number of nitrogens with one attached hydrogen (secondary N) is 1. The zero-order valence-electron chi connectivity index (χ0n) is 19.7. The third-order valence-corrected chi connectivity index (χ3v) is 7.41. The lowest BCUT2D eigenvalue weighted by Gasteiger charge is -2.44. The summed E-state index contributed by atoms with van der Waals surface area (Å²) in [5, 5.41) is 23.4. The molecule has 8 heteroatoms. The van der Waals surface area contributed by atoms with Crippen LogP contribution in [0.15, 0.2) is 60.7 Å². The predicted molar refractivity (Wildman–Crippen MR) is 129 cm³/mol. The van der Waals surface area contributed by atoms with Crippen molar-refractivity contribution in [3.05, 3.63) is 77.4 Å². The van der Waals surface area contributed by atoms with E-state index >= 15 is 0 Å². The normalized spacial score (nSPS) is 23.2. The number of nitrogens with zero attached hydrogens (tertiary/aromatic N) is 1. The number of benzene rings is 3. The van der Waals surface area contributed by atoms with Crippen molar-refractivity contribution in [2.24, 2.45) is 0 Å². The summed E-state index contributed by atoms with van der Waals surface area (Å²) >= 11 is 0. The van der Waals surface area contributed by atoms with Gasteiger partial charge in [-0.15, -0.1) is 0 Å². The molecular formula is C27H26N2O6. The van der Waals surface area contributed by atoms with Gasteiger partial charge in [-0.1, -0.05) is 24.3 Å². The molecule has 2 atom stereocenters. The van der Waals surface area contributed by atoms with Crippen LogP contribution in [0.5, 0.6) is 23.0 Å². The highest BCUT2D eigenvalue weighted by molar-refractivity contribution is 6.16. The van der Waals surface area contributed by atoms with Gasteiger partial charge in [-0.05, 0) is 55.4 Å². The Morgan fingerprint density at radius 1 is 0.971 bits per heavy atom. The smallest absolute Gasteiger partial charge is 0.251 e. The van der Waals surface area contributed by atoms with Crippen molar-refractivity contribution >= 4 is 17.4 Å². The molecule has 1 fully saturated rings. The van der Waals surface area contributed by atoms with E-state index in [1.54, 1.807) is 24.3 Å². The zero-order valence-corrected chi connectivity index (χ0v) is 19.7. The van der Waals surface area contributed by atoms with Crippen molar-refractivity contribution < 1.29 is 29.3 Å². The number of methoxy groups -OCH3 is 2. The Morgan fingerprint density at radius 3 is 2.43 bits per heavy atom. The van der Waals surface area contributed by atoms with Crippen LogP contribution in [0, 0.1) is 0 Å². The van der Waals surface area contributed by atoms with Crippen LogP contribution in [0.25, 0.3) is 0 Å². The quantitative estimate of drug-likeness (QED) is 0.384. The molecule has 3 aromatic carbocycles. The van der Waals surface area contributed by atoms with Gasteiger partial charge in [-0.25, -0.2) is 0 Å². The summed E-state index contributed by atoms with van der Waals surface area (Å²) in [5.41, 5.74) is -0.698. The number of carbonyl (C=O) groups is 2. The molecular weight excluding hydrogens is 448 g/mol. The summed E-state index contributed by atoms with van der Waals surface area (Å²) in [4.78, 5) is 30.5. The number of likely N-dealkylation sites (N-methyl/N-ethyl adjacent to an activating group) is 1. The average molecular weight is 475 g/mol. The highest BCUT2D eigenvalue weighted by atomic mass is 16.5. The molecule has 3 N–H and O–H groups in total. The van der Waals surface area contributed by atoms with Crippen molar-refractivity contribution in [2.75, 3.05) is 33.1 Å². The van der Waals surface area contributed by atoms with Gasteiger partial charge in [0.15, 0.2) is 28.8 Å². The van der Waals surface area contributed by atoms with Crippen LogP contribution < -0.4 is 14.8 Å². The molecule has 1 saturated heterocycles. The number of aromatic hydroxyl groups is 2. The minimum Gasteiger partial charge on any atom is -0.504 e. The molecule has 0 radical (unpaired) electrons. The first kappa shape index (κ1) is 22.7. The summed E-state index contributed by atoms with van der Waals surface area (Å²) in [6, 6.07) is 16.6. The lowest BCUT2D eigenvalue weighted by atomic mass is 9.59. The van der Waals surface area contributed by atoms with Crippen molar-refractivity contribution in [3.8, 4) is 23.0 Å². The molecule has 2 aliphatic heterocycles. The molecule has 0 bridgehead atoms. The van der Waals surface area contributed by atoms with Gasteiger partial charge in [0, 0.05) is 23.4 Å². The number of carbonyl (C=O) groups excluding carboxylic acids is 2. The second-order valence-electron chi connectivity index (χ2n) is 8.89. The van der Waals surface area contributed by atoms with Gasteiger partial charge < -0.3 is 25.0 Å². The second-order valence-corrected chi connectivity index (χ2v) is 8.89. The number of ether oxygens (including phenoxy) is 2. The van der Waals surface area contributed by atoms with Gasteiger partial charge in [-0.3, -0.25) is 14.5 Å². The summed E-state index contributed by atoms with van der Waals surface area (Å²) in [5.74, 6) is -0.432. The van der Waals surface area contributed by atoms with Crippen LogP contribution in [-0.4, -0.2) is 54.6 Å². The monoisotopic (exact) mass is 474 g/mol. The third kappa shape index (κ3) is 2.89. The van der Waals surface area contributed by atoms with Gasteiger partial charge in [0.05, 0.1) is 19.6 Å². The molecule has 1 spiro atoms. The fourth-order valence-corrected chi connectivity index (χ4v) is 5.83. The number of hydrogen-bond donors (Lipinski definition) is 3. The van der Waals surface area contributed by atoms with Gasteiger partial charge >= 0.3 is 0 Å². The molecule has 2 aliphatic rings. The van der Waals surface area contributed by atoms with Crippen LogP contribution in [0.2, 0.25) is 0 Å². The maximum absolute atomic E-state index is 14.6. The number of phenolic OH excluding ortho intramolecular Hbond substituents is 2. The first-order chi connectivity index (χ1) is 16.8. The molecule has 2 heterocycles. The third-order valence-electron chi connectivity index (χ3n) is 7.41. The lowest BCUT2D eigenvalue weighted by molar-refractivity contribution is -0.127. The van der Waals surface area contributed by atoms with Gasteiger partial charge in [0.2, 0.25) is 0 Å². The number of amides is 1. The number of rotatable bonds is 5. The molecule has 0 saturated carbocycles. The predicted octanol–water partition coefficient (Wildman–Crippen LogP) is 3.42. The average Bonchev–Trinajstić information content (AvgIpc) is 3.35. The largest absolute Gasteiger partial charge is 0.504 e. The highest BCUT2D eigenvalue weighted by Crippen LogP contribution is 2.59. The number of fused-ring (bicyclic) bond motifs is 2. The van der Waals surface area contributed by atoms with E-state index in [9.17, 15) is 19.8 Å². The van der Waals surface area contributed by atoms with E-state index < -0.39 is 11.0 Å². The molecule has 8 nitrogen and oxygen atoms in total. The van der Waals surface area contributed by atoms with Gasteiger partial charge in [-0.2, -0.15) is 0 Å². The van der Waals surface area contributed by atoms with Crippen molar-refractivity contribution in [3.63, 3.8) is 0 Å². The van der Waals surface area contributed by atoms with E-state index in [0.717, 1.165) is 0 Å². The van der Waals surface area contributed by atoms with E-state index in [1.165, 1.54) is 26.4 Å². The van der Waals surface area contributed by atoms with Crippen molar-refractivity contribution in [1.82, 2.24) is 4.90 Å². The number of Topliss-reactive ketones (excluding diaryl/α,β-unsaturated/α-hetero) is 1. The fourth-order valence-electron chi connectivity index (χ4n) is 5.83. The summed E-state index contributed by atoms with van der Waals surface area (Å²) < 4.78 is 10.8. The molecule has 1 amide bonds. The maximum atomic E-state index is 14.6. The minimum absolute atomic E-state index is 0.306. The first-order valence-corrected chi connectivity index (χ1v) is 11.2. The molecule has 0 aliphatic carbocycles. The first-order valence-electron chi connectivity index (χ1n) is 11.2. The highest BCUT2D eigenvalue weighted by Gasteiger charge is 2.70. The van der Waals surface area contributed by atoms with Crippen LogP contribution in [0.4, 0.5) is 5.69 Å². The molecule has 180 valence electrons. The van der Waals surface area contributed by atoms with E-state index in [0.29, 0.717) is 46.8 Å². The summed E-state index contributed by atoms with van der Waals surface area (Å²) in [6.45, 7) is 0.447. The molecule has 0 aromatic heterocycles. The minimum atomic E-state index is -1.41. The number of anilines is 1. The van der Waals surface area contributed by atoms with Crippen LogP contribution in [-0.2, 0) is 15.7 Å².